The molecule has 0 saturated heterocycles. The molecule has 2 unspecified atom stereocenters. The van der Waals surface area contributed by atoms with E-state index in [-0.39, 0.29) is 6.10 Å². The van der Waals surface area contributed by atoms with Crippen molar-refractivity contribution in [3.8, 4) is 11.8 Å². The van der Waals surface area contributed by atoms with Gasteiger partial charge in [-0.3, -0.25) is 0 Å². The van der Waals surface area contributed by atoms with Crippen molar-refractivity contribution in [3.63, 3.8) is 0 Å². The van der Waals surface area contributed by atoms with Gasteiger partial charge in [-0.2, -0.15) is 0 Å². The SMILES string of the molecule is CC#CCC(O)C(OCC)c1ccccc1. The Morgan fingerprint density at radius 3 is 2.56 bits per heavy atom. The minimum Gasteiger partial charge on any atom is -0.389 e. The summed E-state index contributed by atoms with van der Waals surface area (Å²) in [5.74, 6) is 5.66. The lowest BCUT2D eigenvalue weighted by atomic mass is 10.0. The first-order valence-electron chi connectivity index (χ1n) is 5.53. The van der Waals surface area contributed by atoms with Crippen LogP contribution in [-0.2, 0) is 4.74 Å². The van der Waals surface area contributed by atoms with E-state index in [4.69, 9.17) is 4.74 Å². The summed E-state index contributed by atoms with van der Waals surface area (Å²) < 4.78 is 5.57. The Labute approximate surface area is 97.3 Å². The Kier molecular flexibility index (Phi) is 5.63. The molecule has 2 atom stereocenters. The van der Waals surface area contributed by atoms with Gasteiger partial charge in [0.05, 0.1) is 6.10 Å². The van der Waals surface area contributed by atoms with Crippen LogP contribution < -0.4 is 0 Å². The molecule has 2 nitrogen and oxygen atoms in total. The molecular formula is C14H18O2. The lowest BCUT2D eigenvalue weighted by Gasteiger charge is -2.21. The second-order valence-electron chi connectivity index (χ2n) is 3.48. The topological polar surface area (TPSA) is 29.5 Å². The summed E-state index contributed by atoms with van der Waals surface area (Å²) in [6.07, 6.45) is -0.419. The van der Waals surface area contributed by atoms with Crippen LogP contribution in [0.3, 0.4) is 0 Å². The van der Waals surface area contributed by atoms with Crippen molar-refractivity contribution in [2.45, 2.75) is 32.5 Å². The molecule has 0 amide bonds. The largest absolute Gasteiger partial charge is 0.389 e. The Bertz CT molecular complexity index is 348. The Morgan fingerprint density at radius 1 is 1.31 bits per heavy atom. The smallest absolute Gasteiger partial charge is 0.109 e. The van der Waals surface area contributed by atoms with Crippen molar-refractivity contribution < 1.29 is 9.84 Å². The van der Waals surface area contributed by atoms with Crippen molar-refractivity contribution in [3.05, 3.63) is 35.9 Å². The highest BCUT2D eigenvalue weighted by molar-refractivity contribution is 5.19. The Hall–Kier alpha value is -1.30. The minimum absolute atomic E-state index is 0.285. The van der Waals surface area contributed by atoms with Gasteiger partial charge in [0, 0.05) is 13.0 Å². The van der Waals surface area contributed by atoms with Crippen LogP contribution in [0.1, 0.15) is 31.9 Å². The highest BCUT2D eigenvalue weighted by Crippen LogP contribution is 2.22. The first-order valence-corrected chi connectivity index (χ1v) is 5.53. The van der Waals surface area contributed by atoms with Crippen molar-refractivity contribution >= 4 is 0 Å². The molecule has 1 aromatic rings. The van der Waals surface area contributed by atoms with E-state index < -0.39 is 6.10 Å². The standard InChI is InChI=1S/C14H18O2/c1-3-5-11-13(15)14(16-4-2)12-9-7-6-8-10-12/h6-10,13-15H,4,11H2,1-2H3. The van der Waals surface area contributed by atoms with Crippen LogP contribution in [0.15, 0.2) is 30.3 Å². The van der Waals surface area contributed by atoms with Gasteiger partial charge in [0.2, 0.25) is 0 Å². The summed E-state index contributed by atoms with van der Waals surface area (Å²) in [7, 11) is 0. The van der Waals surface area contributed by atoms with E-state index in [1.165, 1.54) is 0 Å². The molecule has 0 fully saturated rings. The lowest BCUT2D eigenvalue weighted by Crippen LogP contribution is -2.21. The van der Waals surface area contributed by atoms with Crippen molar-refractivity contribution in [1.82, 2.24) is 0 Å². The number of aliphatic hydroxyl groups is 1. The van der Waals surface area contributed by atoms with Gasteiger partial charge in [-0.1, -0.05) is 30.3 Å². The minimum atomic E-state index is -0.574. The van der Waals surface area contributed by atoms with Gasteiger partial charge >= 0.3 is 0 Å². The van der Waals surface area contributed by atoms with E-state index in [0.29, 0.717) is 13.0 Å². The summed E-state index contributed by atoms with van der Waals surface area (Å²) in [5, 5.41) is 10.00. The van der Waals surface area contributed by atoms with Gasteiger partial charge < -0.3 is 9.84 Å². The molecule has 0 radical (unpaired) electrons. The Morgan fingerprint density at radius 2 is 2.00 bits per heavy atom. The lowest BCUT2D eigenvalue weighted by molar-refractivity contribution is -0.0319. The van der Waals surface area contributed by atoms with Gasteiger partial charge in [-0.25, -0.2) is 0 Å². The molecule has 0 aliphatic carbocycles. The number of aliphatic hydroxyl groups excluding tert-OH is 1. The molecule has 0 aromatic heterocycles. The average molecular weight is 218 g/mol. The van der Waals surface area contributed by atoms with Gasteiger partial charge in [-0.05, 0) is 19.4 Å². The fourth-order valence-corrected chi connectivity index (χ4v) is 1.57. The van der Waals surface area contributed by atoms with E-state index in [9.17, 15) is 5.11 Å². The maximum absolute atomic E-state index is 10.00. The van der Waals surface area contributed by atoms with Crippen LogP contribution in [-0.4, -0.2) is 17.8 Å². The highest BCUT2D eigenvalue weighted by atomic mass is 16.5. The first kappa shape index (κ1) is 12.8. The summed E-state index contributed by atoms with van der Waals surface area (Å²) in [6, 6.07) is 9.76. The summed E-state index contributed by atoms with van der Waals surface area (Å²) in [6.45, 7) is 4.27. The second-order valence-corrected chi connectivity index (χ2v) is 3.48. The van der Waals surface area contributed by atoms with E-state index in [2.05, 4.69) is 11.8 Å². The zero-order valence-electron chi connectivity index (χ0n) is 9.81. The number of ether oxygens (including phenoxy) is 1. The second kappa shape index (κ2) is 7.05. The fraction of sp³-hybridized carbons (Fsp3) is 0.429. The third kappa shape index (κ3) is 3.69. The molecule has 86 valence electrons. The fourth-order valence-electron chi connectivity index (χ4n) is 1.57. The normalized spacial score (nSPS) is 13.7. The maximum Gasteiger partial charge on any atom is 0.109 e. The third-order valence-corrected chi connectivity index (χ3v) is 2.31. The van der Waals surface area contributed by atoms with Crippen LogP contribution in [0.25, 0.3) is 0 Å². The quantitative estimate of drug-likeness (QED) is 0.770. The molecule has 0 saturated carbocycles. The van der Waals surface area contributed by atoms with Crippen LogP contribution >= 0.6 is 0 Å². The molecular weight excluding hydrogens is 200 g/mol. The molecule has 1 N–H and O–H groups in total. The number of benzene rings is 1. The average Bonchev–Trinajstić information content (AvgIpc) is 2.34. The van der Waals surface area contributed by atoms with E-state index in [0.717, 1.165) is 5.56 Å². The highest BCUT2D eigenvalue weighted by Gasteiger charge is 2.20. The summed E-state index contributed by atoms with van der Waals surface area (Å²) in [4.78, 5) is 0. The molecule has 1 rings (SSSR count). The molecule has 0 bridgehead atoms. The Balaban J connectivity index is 2.76. The number of rotatable bonds is 5. The molecule has 0 heterocycles. The molecule has 0 spiro atoms. The van der Waals surface area contributed by atoms with E-state index >= 15 is 0 Å². The van der Waals surface area contributed by atoms with Gasteiger partial charge in [0.15, 0.2) is 0 Å². The predicted octanol–water partition coefficient (Wildman–Crippen LogP) is 2.54. The molecule has 0 aliphatic rings. The van der Waals surface area contributed by atoms with Gasteiger partial charge in [-0.15, -0.1) is 11.8 Å². The molecule has 1 aromatic carbocycles. The van der Waals surface area contributed by atoms with Crippen molar-refractivity contribution in [2.24, 2.45) is 0 Å². The van der Waals surface area contributed by atoms with Crippen LogP contribution in [0, 0.1) is 11.8 Å². The monoisotopic (exact) mass is 218 g/mol. The third-order valence-electron chi connectivity index (χ3n) is 2.31. The van der Waals surface area contributed by atoms with Gasteiger partial charge in [0.25, 0.3) is 0 Å². The van der Waals surface area contributed by atoms with Gasteiger partial charge in [0.1, 0.15) is 6.10 Å². The van der Waals surface area contributed by atoms with Crippen molar-refractivity contribution in [1.29, 1.82) is 0 Å². The maximum atomic E-state index is 10.00. The zero-order valence-corrected chi connectivity index (χ0v) is 9.81. The summed E-state index contributed by atoms with van der Waals surface area (Å²) in [5.41, 5.74) is 0.995. The van der Waals surface area contributed by atoms with Crippen LogP contribution in [0.4, 0.5) is 0 Å². The van der Waals surface area contributed by atoms with Crippen LogP contribution in [0.5, 0.6) is 0 Å². The van der Waals surface area contributed by atoms with Crippen LogP contribution in [0.2, 0.25) is 0 Å². The zero-order chi connectivity index (χ0) is 11.8. The number of hydrogen-bond donors (Lipinski definition) is 1. The van der Waals surface area contributed by atoms with Crippen molar-refractivity contribution in [2.75, 3.05) is 6.61 Å². The summed E-state index contributed by atoms with van der Waals surface area (Å²) >= 11 is 0. The molecule has 0 aliphatic heterocycles. The predicted molar refractivity (Wildman–Crippen MR) is 64.9 cm³/mol. The number of hydrogen-bond acceptors (Lipinski definition) is 2. The molecule has 2 heteroatoms. The molecule has 16 heavy (non-hydrogen) atoms. The van der Waals surface area contributed by atoms with E-state index in [1.807, 2.05) is 37.3 Å². The van der Waals surface area contributed by atoms with E-state index in [1.54, 1.807) is 6.92 Å². The first-order chi connectivity index (χ1) is 7.79.